The Balaban J connectivity index is 0. The van der Waals surface area contributed by atoms with Gasteiger partial charge in [0, 0.05) is 5.75 Å². The van der Waals surface area contributed by atoms with E-state index in [1.165, 1.54) is 0 Å². The van der Waals surface area contributed by atoms with Crippen molar-refractivity contribution in [3.05, 3.63) is 36.4 Å². The molecule has 0 bridgehead atoms. The van der Waals surface area contributed by atoms with Crippen molar-refractivity contribution in [2.75, 3.05) is 5.75 Å². The van der Waals surface area contributed by atoms with Crippen LogP contribution in [0, 0.1) is 0 Å². The van der Waals surface area contributed by atoms with Gasteiger partial charge in [0.1, 0.15) is 0 Å². The quantitative estimate of drug-likeness (QED) is 0.515. The van der Waals surface area contributed by atoms with Crippen LogP contribution in [0.3, 0.4) is 0 Å². The molecule has 0 spiro atoms. The Kier molecular flexibility index (Phi) is 13.6. The monoisotopic (exact) mass is 254 g/mol. The first-order chi connectivity index (χ1) is 6.56. The molecule has 3 nitrogen and oxygen atoms in total. The van der Waals surface area contributed by atoms with Gasteiger partial charge < -0.3 is 4.55 Å². The predicted molar refractivity (Wildman–Crippen MR) is 55.9 cm³/mol. The first kappa shape index (κ1) is 18.1. The Bertz CT molecular complexity index is 284. The second-order valence-electron chi connectivity index (χ2n) is 2.77. The van der Waals surface area contributed by atoms with Gasteiger partial charge in [-0.05, 0) is 6.42 Å². The maximum Gasteiger partial charge on any atom is 1.00 e. The molecule has 0 radical (unpaired) electrons. The predicted octanol–water partition coefficient (Wildman–Crippen LogP) is -0.978. The minimum absolute atomic E-state index is 0. The molecule has 0 amide bonds. The fourth-order valence-electron chi connectivity index (χ4n) is 0.706. The van der Waals surface area contributed by atoms with Crippen LogP contribution >= 0.6 is 0 Å². The van der Waals surface area contributed by atoms with Crippen LogP contribution in [-0.4, -0.2) is 18.7 Å². The van der Waals surface area contributed by atoms with Gasteiger partial charge in [-0.15, -0.1) is 0 Å². The van der Waals surface area contributed by atoms with E-state index in [-0.39, 0.29) is 57.1 Å². The number of benzene rings is 1. The molecule has 80 valence electrons. The number of unbranched alkanes of at least 4 members (excludes halogenated alkanes) is 1. The third-order valence-corrected chi connectivity index (χ3v) is 2.20. The van der Waals surface area contributed by atoms with Crippen molar-refractivity contribution in [3.8, 4) is 0 Å². The molecule has 0 heterocycles. The Morgan fingerprint density at radius 2 is 1.33 bits per heavy atom. The average molecular weight is 254 g/mol. The molecule has 1 aromatic carbocycles. The third kappa shape index (κ3) is 17.4. The molecule has 0 N–H and O–H groups in total. The van der Waals surface area contributed by atoms with Crippen LogP contribution in [0.5, 0.6) is 0 Å². The summed E-state index contributed by atoms with van der Waals surface area (Å²) in [4.78, 5) is 0. The van der Waals surface area contributed by atoms with Gasteiger partial charge >= 0.3 is 51.4 Å². The second kappa shape index (κ2) is 11.3. The Morgan fingerprint density at radius 1 is 1.00 bits per heavy atom. The van der Waals surface area contributed by atoms with Gasteiger partial charge in [0.15, 0.2) is 0 Å². The molecule has 1 aromatic rings. The summed E-state index contributed by atoms with van der Waals surface area (Å²) in [5.74, 6) is -0.219. The number of hydrogen-bond donors (Lipinski definition) is 0. The normalized spacial score (nSPS) is 9.47. The van der Waals surface area contributed by atoms with E-state index in [0.717, 1.165) is 6.42 Å². The van der Waals surface area contributed by atoms with Crippen molar-refractivity contribution in [1.82, 2.24) is 0 Å². The van der Waals surface area contributed by atoms with Gasteiger partial charge in [-0.1, -0.05) is 49.7 Å². The van der Waals surface area contributed by atoms with Gasteiger partial charge in [-0.25, -0.2) is 8.42 Å². The smallest absolute Gasteiger partial charge is 0.748 e. The van der Waals surface area contributed by atoms with E-state index >= 15 is 0 Å². The molecule has 0 aliphatic heterocycles. The van der Waals surface area contributed by atoms with E-state index in [1.54, 1.807) is 0 Å². The molecule has 0 aliphatic carbocycles. The van der Waals surface area contributed by atoms with E-state index in [9.17, 15) is 13.0 Å². The zero-order chi connectivity index (χ0) is 10.9. The molecule has 0 fully saturated rings. The maximum absolute atomic E-state index is 9.83. The van der Waals surface area contributed by atoms with Crippen LogP contribution in [0.15, 0.2) is 36.4 Å². The molecule has 15 heavy (non-hydrogen) atoms. The van der Waals surface area contributed by atoms with E-state index in [2.05, 4.69) is 0 Å². The Labute approximate surface area is 134 Å². The van der Waals surface area contributed by atoms with Gasteiger partial charge in [-0.2, -0.15) is 0 Å². The topological polar surface area (TPSA) is 57.2 Å². The van der Waals surface area contributed by atoms with Crippen molar-refractivity contribution < 1.29 is 64.4 Å². The number of hydrogen-bond acceptors (Lipinski definition) is 3. The zero-order valence-electron chi connectivity index (χ0n) is 9.22. The molecule has 0 saturated heterocycles. The van der Waals surface area contributed by atoms with Crippen molar-refractivity contribution in [1.29, 1.82) is 0 Å². The number of rotatable bonds is 3. The van der Waals surface area contributed by atoms with E-state index in [0.29, 0.717) is 6.42 Å². The first-order valence-electron chi connectivity index (χ1n) is 4.50. The van der Waals surface area contributed by atoms with Crippen LogP contribution in [0.4, 0.5) is 0 Å². The molecular weight excluding hydrogens is 239 g/mol. The zero-order valence-corrected chi connectivity index (χ0v) is 13.2. The largest absolute Gasteiger partial charge is 1.00 e. The molecule has 0 saturated carbocycles. The van der Waals surface area contributed by atoms with Crippen molar-refractivity contribution >= 4 is 10.1 Å². The van der Waals surface area contributed by atoms with Crippen molar-refractivity contribution in [3.63, 3.8) is 0 Å². The fraction of sp³-hybridized carbons (Fsp3) is 0.400. The second-order valence-corrected chi connectivity index (χ2v) is 4.29. The molecule has 0 aliphatic rings. The van der Waals surface area contributed by atoms with Crippen molar-refractivity contribution in [2.24, 2.45) is 0 Å². The molecule has 1 rings (SSSR count). The average Bonchev–Trinajstić information content (AvgIpc) is 2.17. The summed E-state index contributed by atoms with van der Waals surface area (Å²) in [6, 6.07) is 12.0. The van der Waals surface area contributed by atoms with E-state index < -0.39 is 10.1 Å². The van der Waals surface area contributed by atoms with Gasteiger partial charge in [0.05, 0.1) is 10.1 Å². The first-order valence-corrected chi connectivity index (χ1v) is 6.07. The van der Waals surface area contributed by atoms with Gasteiger partial charge in [0.2, 0.25) is 0 Å². The SMILES string of the molecule is CCCCS(=O)(=O)[O-].[K+].c1ccccc1. The summed E-state index contributed by atoms with van der Waals surface area (Å²) in [5.41, 5.74) is 0. The minimum Gasteiger partial charge on any atom is -0.748 e. The minimum atomic E-state index is -3.94. The summed E-state index contributed by atoms with van der Waals surface area (Å²) < 4.78 is 29.5. The van der Waals surface area contributed by atoms with E-state index in [4.69, 9.17) is 0 Å². The third-order valence-electron chi connectivity index (χ3n) is 1.41. The Morgan fingerprint density at radius 3 is 1.47 bits per heavy atom. The maximum atomic E-state index is 9.83. The summed E-state index contributed by atoms with van der Waals surface area (Å²) >= 11 is 0. The van der Waals surface area contributed by atoms with Crippen LogP contribution in [0.1, 0.15) is 19.8 Å². The molecule has 5 heteroatoms. The fourth-order valence-corrected chi connectivity index (χ4v) is 1.35. The molecule has 0 atom stereocenters. The molecule has 0 aromatic heterocycles. The van der Waals surface area contributed by atoms with Crippen LogP contribution < -0.4 is 51.4 Å². The van der Waals surface area contributed by atoms with Crippen LogP contribution in [0.2, 0.25) is 0 Å². The molecule has 0 unspecified atom stereocenters. The summed E-state index contributed by atoms with van der Waals surface area (Å²) in [6.45, 7) is 1.84. The standard InChI is InChI=1S/C6H6.C4H10O3S.K/c1-2-4-6-5-3-1;1-2-3-4-8(5,6)7;/h1-6H;2-4H2,1H3,(H,5,6,7);/q;;+1/p-1. The summed E-state index contributed by atoms with van der Waals surface area (Å²) in [7, 11) is -3.94. The van der Waals surface area contributed by atoms with Crippen molar-refractivity contribution in [2.45, 2.75) is 19.8 Å². The van der Waals surface area contributed by atoms with Crippen LogP contribution in [0.25, 0.3) is 0 Å². The summed E-state index contributed by atoms with van der Waals surface area (Å²) in [5, 5.41) is 0. The van der Waals surface area contributed by atoms with Crippen LogP contribution in [-0.2, 0) is 10.1 Å². The molecular formula is C10H15KO3S. The summed E-state index contributed by atoms with van der Waals surface area (Å²) in [6.07, 6.45) is 1.23. The van der Waals surface area contributed by atoms with Gasteiger partial charge in [0.25, 0.3) is 0 Å². The van der Waals surface area contributed by atoms with Gasteiger partial charge in [-0.3, -0.25) is 0 Å². The van der Waals surface area contributed by atoms with E-state index in [1.807, 2.05) is 43.3 Å². The Hall–Kier alpha value is 0.766.